The first-order valence-electron chi connectivity index (χ1n) is 8.21. The van der Waals surface area contributed by atoms with Gasteiger partial charge in [-0.05, 0) is 17.7 Å². The van der Waals surface area contributed by atoms with E-state index in [-0.39, 0.29) is 30.7 Å². The highest BCUT2D eigenvalue weighted by Crippen LogP contribution is 2.29. The number of benzene rings is 1. The lowest BCUT2D eigenvalue weighted by atomic mass is 10.0. The molecule has 1 aromatic carbocycles. The Kier molecular flexibility index (Phi) is 9.38. The number of rotatable bonds is 7. The summed E-state index contributed by atoms with van der Waals surface area (Å²) in [5, 5.41) is 5.40. The van der Waals surface area contributed by atoms with Gasteiger partial charge in [-0.3, -0.25) is 4.79 Å². The number of ether oxygens (including phenoxy) is 2. The van der Waals surface area contributed by atoms with Crippen molar-refractivity contribution in [1.29, 1.82) is 0 Å². The molecule has 0 aliphatic heterocycles. The highest BCUT2D eigenvalue weighted by Gasteiger charge is 2.24. The number of hydrogen-bond acceptors (Lipinski definition) is 7. The van der Waals surface area contributed by atoms with Gasteiger partial charge in [0, 0.05) is 37.4 Å². The van der Waals surface area contributed by atoms with Gasteiger partial charge in [-0.15, -0.1) is 36.2 Å². The Hall–Kier alpha value is -2.33. The standard InChI is InChI=1S/C18H21N5O3S.2ClH/c1-23-5-4-20-17(23)16(11-6-12(25-2)8-13(7-11)26-3)22-18(24)14-10-27-15(9-19)21-14;;/h4-8,10,16H,9,19H2,1-3H3,(H,22,24);2*1H. The van der Waals surface area contributed by atoms with Gasteiger partial charge < -0.3 is 25.1 Å². The number of halogens is 2. The summed E-state index contributed by atoms with van der Waals surface area (Å²) in [5.41, 5.74) is 6.70. The molecule has 1 atom stereocenters. The fourth-order valence-electron chi connectivity index (χ4n) is 2.66. The van der Waals surface area contributed by atoms with Gasteiger partial charge in [0.1, 0.15) is 34.1 Å². The average molecular weight is 460 g/mol. The molecule has 1 unspecified atom stereocenters. The van der Waals surface area contributed by atoms with Gasteiger partial charge in [-0.25, -0.2) is 9.97 Å². The summed E-state index contributed by atoms with van der Waals surface area (Å²) in [6.45, 7) is 0.299. The van der Waals surface area contributed by atoms with Crippen LogP contribution in [0.3, 0.4) is 0 Å². The minimum absolute atomic E-state index is 0. The fourth-order valence-corrected chi connectivity index (χ4v) is 3.32. The topological polar surface area (TPSA) is 104 Å². The molecule has 0 saturated heterocycles. The van der Waals surface area contributed by atoms with E-state index in [1.807, 2.05) is 29.9 Å². The maximum absolute atomic E-state index is 12.8. The Morgan fingerprint density at radius 3 is 2.38 bits per heavy atom. The number of aromatic nitrogens is 3. The zero-order chi connectivity index (χ0) is 19.4. The number of imidazole rings is 1. The van der Waals surface area contributed by atoms with Crippen LogP contribution in [0.4, 0.5) is 0 Å². The van der Waals surface area contributed by atoms with Crippen molar-refractivity contribution < 1.29 is 14.3 Å². The van der Waals surface area contributed by atoms with Crippen LogP contribution in [0.15, 0.2) is 36.0 Å². The van der Waals surface area contributed by atoms with Crippen molar-refractivity contribution in [3.8, 4) is 11.5 Å². The number of carbonyl (C=O) groups excluding carboxylic acids is 1. The summed E-state index contributed by atoms with van der Waals surface area (Å²) in [4.78, 5) is 21.4. The number of nitrogens with one attached hydrogen (secondary N) is 1. The summed E-state index contributed by atoms with van der Waals surface area (Å²) in [6, 6.07) is 4.95. The number of nitrogens with zero attached hydrogens (tertiary/aromatic N) is 3. The first-order chi connectivity index (χ1) is 13.0. The number of amides is 1. The molecule has 0 spiro atoms. The first kappa shape index (κ1) is 24.7. The van der Waals surface area contributed by atoms with E-state index in [4.69, 9.17) is 15.2 Å². The molecule has 158 valence electrons. The molecular formula is C18H23Cl2N5O3S. The lowest BCUT2D eigenvalue weighted by molar-refractivity contribution is 0.0936. The molecule has 1 amide bonds. The number of carbonyl (C=O) groups is 1. The molecule has 0 fully saturated rings. The Morgan fingerprint density at radius 2 is 1.90 bits per heavy atom. The molecule has 29 heavy (non-hydrogen) atoms. The molecule has 0 saturated carbocycles. The molecule has 0 aliphatic carbocycles. The first-order valence-corrected chi connectivity index (χ1v) is 9.09. The third-order valence-corrected chi connectivity index (χ3v) is 4.93. The van der Waals surface area contributed by atoms with Crippen LogP contribution in [0, 0.1) is 0 Å². The molecule has 3 aromatic rings. The third kappa shape index (κ3) is 5.60. The number of aryl methyl sites for hydroxylation is 1. The predicted octanol–water partition coefficient (Wildman–Crippen LogP) is 2.72. The van der Waals surface area contributed by atoms with E-state index in [9.17, 15) is 4.79 Å². The van der Waals surface area contributed by atoms with Crippen LogP contribution in [0.5, 0.6) is 11.5 Å². The molecule has 0 aliphatic rings. The van der Waals surface area contributed by atoms with Crippen LogP contribution in [-0.2, 0) is 13.6 Å². The van der Waals surface area contributed by atoms with E-state index in [1.165, 1.54) is 11.3 Å². The van der Waals surface area contributed by atoms with E-state index in [2.05, 4.69) is 15.3 Å². The maximum atomic E-state index is 12.8. The lowest BCUT2D eigenvalue weighted by Gasteiger charge is -2.20. The average Bonchev–Trinajstić information content (AvgIpc) is 3.34. The van der Waals surface area contributed by atoms with E-state index in [0.29, 0.717) is 34.6 Å². The van der Waals surface area contributed by atoms with Crippen molar-refractivity contribution in [2.45, 2.75) is 12.6 Å². The SMILES string of the molecule is COc1cc(OC)cc(C(NC(=O)c2csc(CN)n2)c2nccn2C)c1.Cl.Cl. The van der Waals surface area contributed by atoms with Gasteiger partial charge >= 0.3 is 0 Å². The van der Waals surface area contributed by atoms with Crippen LogP contribution in [0.1, 0.15) is 32.9 Å². The number of hydrogen-bond donors (Lipinski definition) is 2. The normalized spacial score (nSPS) is 11.0. The summed E-state index contributed by atoms with van der Waals surface area (Å²) < 4.78 is 12.6. The quantitative estimate of drug-likeness (QED) is 0.562. The molecule has 0 bridgehead atoms. The molecular weight excluding hydrogens is 437 g/mol. The molecule has 3 N–H and O–H groups in total. The van der Waals surface area contributed by atoms with Crippen LogP contribution < -0.4 is 20.5 Å². The van der Waals surface area contributed by atoms with Crippen molar-refractivity contribution in [3.63, 3.8) is 0 Å². The number of methoxy groups -OCH3 is 2. The Balaban J connectivity index is 0.00000210. The van der Waals surface area contributed by atoms with E-state index < -0.39 is 6.04 Å². The fraction of sp³-hybridized carbons (Fsp3) is 0.278. The highest BCUT2D eigenvalue weighted by molar-refractivity contribution is 7.09. The summed E-state index contributed by atoms with van der Waals surface area (Å²) in [7, 11) is 5.03. The van der Waals surface area contributed by atoms with Gasteiger partial charge in [0.2, 0.25) is 0 Å². The zero-order valence-corrected chi connectivity index (χ0v) is 18.6. The van der Waals surface area contributed by atoms with Gasteiger partial charge in [0.15, 0.2) is 0 Å². The lowest BCUT2D eigenvalue weighted by Crippen LogP contribution is -2.31. The van der Waals surface area contributed by atoms with E-state index in [0.717, 1.165) is 5.56 Å². The number of nitrogens with two attached hydrogens (primary N) is 1. The Morgan fingerprint density at radius 1 is 1.24 bits per heavy atom. The van der Waals surface area contributed by atoms with Gasteiger partial charge in [0.25, 0.3) is 5.91 Å². The molecule has 0 radical (unpaired) electrons. The van der Waals surface area contributed by atoms with E-state index in [1.54, 1.807) is 31.9 Å². The van der Waals surface area contributed by atoms with Crippen LogP contribution in [0.25, 0.3) is 0 Å². The molecule has 2 heterocycles. The van der Waals surface area contributed by atoms with Crippen LogP contribution in [-0.4, -0.2) is 34.7 Å². The maximum Gasteiger partial charge on any atom is 0.271 e. The van der Waals surface area contributed by atoms with Gasteiger partial charge in [0.05, 0.1) is 14.2 Å². The second-order valence-electron chi connectivity index (χ2n) is 5.78. The smallest absolute Gasteiger partial charge is 0.271 e. The Bertz CT molecular complexity index is 925. The van der Waals surface area contributed by atoms with E-state index >= 15 is 0 Å². The van der Waals surface area contributed by atoms with Crippen molar-refractivity contribution in [3.05, 3.63) is 58.1 Å². The summed E-state index contributed by atoms with van der Waals surface area (Å²) in [5.74, 6) is 1.61. The minimum Gasteiger partial charge on any atom is -0.497 e. The second-order valence-corrected chi connectivity index (χ2v) is 6.72. The monoisotopic (exact) mass is 459 g/mol. The minimum atomic E-state index is -0.510. The van der Waals surface area contributed by atoms with Crippen LogP contribution >= 0.6 is 36.2 Å². The second kappa shape index (κ2) is 11.0. The summed E-state index contributed by atoms with van der Waals surface area (Å²) >= 11 is 1.36. The molecule has 11 heteroatoms. The van der Waals surface area contributed by atoms with Crippen molar-refractivity contribution >= 4 is 42.1 Å². The summed E-state index contributed by atoms with van der Waals surface area (Å²) in [6.07, 6.45) is 3.50. The van der Waals surface area contributed by atoms with Gasteiger partial charge in [-0.1, -0.05) is 0 Å². The van der Waals surface area contributed by atoms with Gasteiger partial charge in [-0.2, -0.15) is 0 Å². The largest absolute Gasteiger partial charge is 0.497 e. The molecule has 8 nitrogen and oxygen atoms in total. The molecule has 2 aromatic heterocycles. The predicted molar refractivity (Wildman–Crippen MR) is 117 cm³/mol. The van der Waals surface area contributed by atoms with Crippen molar-refractivity contribution in [2.75, 3.05) is 14.2 Å². The third-order valence-electron chi connectivity index (χ3n) is 4.06. The molecule has 3 rings (SSSR count). The highest BCUT2D eigenvalue weighted by atomic mass is 35.5. The Labute approximate surface area is 185 Å². The van der Waals surface area contributed by atoms with Crippen molar-refractivity contribution in [2.24, 2.45) is 12.8 Å². The zero-order valence-electron chi connectivity index (χ0n) is 16.1. The number of thiazole rings is 1. The van der Waals surface area contributed by atoms with Crippen LogP contribution in [0.2, 0.25) is 0 Å². The van der Waals surface area contributed by atoms with Crippen molar-refractivity contribution in [1.82, 2.24) is 19.9 Å².